The number of aromatic nitrogens is 1. The Morgan fingerprint density at radius 2 is 2.24 bits per heavy atom. The molecule has 2 rings (SSSR count). The number of rotatable bonds is 1. The SMILES string of the molecule is COC(=O)CC#Cc1ccc2cnccc2c1. The van der Waals surface area contributed by atoms with Gasteiger partial charge >= 0.3 is 5.97 Å². The zero-order valence-electron chi connectivity index (χ0n) is 9.43. The largest absolute Gasteiger partial charge is 0.468 e. The molecule has 0 N–H and O–H groups in total. The lowest BCUT2D eigenvalue weighted by molar-refractivity contribution is -0.139. The van der Waals surface area contributed by atoms with Crippen molar-refractivity contribution in [3.63, 3.8) is 0 Å². The Morgan fingerprint density at radius 1 is 1.35 bits per heavy atom. The van der Waals surface area contributed by atoms with E-state index in [1.54, 1.807) is 12.4 Å². The Hall–Kier alpha value is -2.34. The minimum absolute atomic E-state index is 0.116. The van der Waals surface area contributed by atoms with Gasteiger partial charge in [0, 0.05) is 23.3 Å². The van der Waals surface area contributed by atoms with Crippen LogP contribution in [0.2, 0.25) is 0 Å². The molecule has 1 heterocycles. The molecule has 3 heteroatoms. The van der Waals surface area contributed by atoms with Crippen LogP contribution in [-0.2, 0) is 9.53 Å². The van der Waals surface area contributed by atoms with Gasteiger partial charge in [0.15, 0.2) is 0 Å². The number of esters is 1. The molecule has 0 saturated carbocycles. The molecule has 0 aliphatic rings. The van der Waals surface area contributed by atoms with Crippen molar-refractivity contribution in [2.45, 2.75) is 6.42 Å². The smallest absolute Gasteiger partial charge is 0.317 e. The molecule has 0 unspecified atom stereocenters. The molecule has 0 radical (unpaired) electrons. The fourth-order valence-corrected chi connectivity index (χ4v) is 1.45. The van der Waals surface area contributed by atoms with Gasteiger partial charge in [-0.15, -0.1) is 0 Å². The number of hydrogen-bond donors (Lipinski definition) is 0. The minimum Gasteiger partial charge on any atom is -0.468 e. The van der Waals surface area contributed by atoms with Gasteiger partial charge in [-0.1, -0.05) is 17.9 Å². The number of pyridine rings is 1. The molecule has 0 aliphatic heterocycles. The van der Waals surface area contributed by atoms with Crippen LogP contribution in [-0.4, -0.2) is 18.1 Å². The van der Waals surface area contributed by atoms with Gasteiger partial charge in [-0.2, -0.15) is 0 Å². The van der Waals surface area contributed by atoms with E-state index >= 15 is 0 Å². The van der Waals surface area contributed by atoms with Crippen molar-refractivity contribution >= 4 is 16.7 Å². The first-order valence-electron chi connectivity index (χ1n) is 5.19. The zero-order chi connectivity index (χ0) is 12.1. The second-order valence-corrected chi connectivity index (χ2v) is 3.49. The molecule has 3 nitrogen and oxygen atoms in total. The number of hydrogen-bond acceptors (Lipinski definition) is 3. The first-order valence-corrected chi connectivity index (χ1v) is 5.19. The molecule has 2 aromatic rings. The molecule has 0 amide bonds. The van der Waals surface area contributed by atoms with Gasteiger partial charge < -0.3 is 4.74 Å². The van der Waals surface area contributed by atoms with Crippen LogP contribution in [0.4, 0.5) is 0 Å². The Bertz CT molecular complexity index is 608. The Morgan fingerprint density at radius 3 is 3.06 bits per heavy atom. The maximum atomic E-state index is 10.9. The van der Waals surface area contributed by atoms with E-state index < -0.39 is 0 Å². The van der Waals surface area contributed by atoms with E-state index in [1.807, 2.05) is 24.3 Å². The van der Waals surface area contributed by atoms with Gasteiger partial charge in [0.05, 0.1) is 7.11 Å². The normalized spacial score (nSPS) is 9.47. The summed E-state index contributed by atoms with van der Waals surface area (Å²) in [5, 5.41) is 2.16. The Balaban J connectivity index is 2.22. The lowest BCUT2D eigenvalue weighted by Crippen LogP contribution is -1.96. The topological polar surface area (TPSA) is 39.2 Å². The molecule has 0 spiro atoms. The second kappa shape index (κ2) is 5.13. The fraction of sp³-hybridized carbons (Fsp3) is 0.143. The van der Waals surface area contributed by atoms with Crippen LogP contribution >= 0.6 is 0 Å². The van der Waals surface area contributed by atoms with Crippen LogP contribution in [0.5, 0.6) is 0 Å². The van der Waals surface area contributed by atoms with E-state index in [1.165, 1.54) is 7.11 Å². The van der Waals surface area contributed by atoms with Crippen LogP contribution in [0.1, 0.15) is 12.0 Å². The molecular weight excluding hydrogens is 214 g/mol. The molecule has 84 valence electrons. The van der Waals surface area contributed by atoms with Crippen molar-refractivity contribution in [2.75, 3.05) is 7.11 Å². The number of carbonyl (C=O) groups excluding carboxylic acids is 1. The van der Waals surface area contributed by atoms with E-state index in [0.717, 1.165) is 16.3 Å². The van der Waals surface area contributed by atoms with Gasteiger partial charge in [0.2, 0.25) is 0 Å². The highest BCUT2D eigenvalue weighted by molar-refractivity contribution is 5.82. The third kappa shape index (κ3) is 2.82. The highest BCUT2D eigenvalue weighted by atomic mass is 16.5. The van der Waals surface area contributed by atoms with Crippen LogP contribution in [0.25, 0.3) is 10.8 Å². The van der Waals surface area contributed by atoms with Crippen LogP contribution < -0.4 is 0 Å². The number of carbonyl (C=O) groups is 1. The van der Waals surface area contributed by atoms with Crippen LogP contribution in [0.3, 0.4) is 0 Å². The number of ether oxygens (including phenoxy) is 1. The van der Waals surface area contributed by atoms with Crippen LogP contribution in [0.15, 0.2) is 36.7 Å². The summed E-state index contributed by atoms with van der Waals surface area (Å²) in [7, 11) is 1.35. The molecule has 0 atom stereocenters. The summed E-state index contributed by atoms with van der Waals surface area (Å²) >= 11 is 0. The zero-order valence-corrected chi connectivity index (χ0v) is 9.43. The van der Waals surface area contributed by atoms with Crippen LogP contribution in [0, 0.1) is 11.8 Å². The summed E-state index contributed by atoms with van der Waals surface area (Å²) in [5.74, 6) is 5.39. The van der Waals surface area contributed by atoms with Gasteiger partial charge in [-0.3, -0.25) is 9.78 Å². The molecule has 1 aromatic carbocycles. The molecule has 0 bridgehead atoms. The van der Waals surface area contributed by atoms with Gasteiger partial charge in [0.25, 0.3) is 0 Å². The highest BCUT2D eigenvalue weighted by Gasteiger charge is 1.95. The number of benzene rings is 1. The summed E-state index contributed by atoms with van der Waals surface area (Å²) in [6.07, 6.45) is 3.67. The third-order valence-electron chi connectivity index (χ3n) is 2.33. The average Bonchev–Trinajstić information content (AvgIpc) is 2.38. The molecule has 1 aromatic heterocycles. The fourth-order valence-electron chi connectivity index (χ4n) is 1.45. The standard InChI is InChI=1S/C14H11NO2/c1-17-14(16)4-2-3-11-5-6-13-10-15-8-7-12(13)9-11/h5-10H,4H2,1H3. The second-order valence-electron chi connectivity index (χ2n) is 3.49. The van der Waals surface area contributed by atoms with E-state index in [4.69, 9.17) is 0 Å². The van der Waals surface area contributed by atoms with E-state index in [9.17, 15) is 4.79 Å². The summed E-state index contributed by atoms with van der Waals surface area (Å²) in [4.78, 5) is 14.9. The number of nitrogens with zero attached hydrogens (tertiary/aromatic N) is 1. The van der Waals surface area contributed by atoms with Crippen molar-refractivity contribution in [1.82, 2.24) is 4.98 Å². The van der Waals surface area contributed by atoms with Gasteiger partial charge in [-0.25, -0.2) is 0 Å². The van der Waals surface area contributed by atoms with Crippen molar-refractivity contribution in [2.24, 2.45) is 0 Å². The minimum atomic E-state index is -0.317. The Kier molecular flexibility index (Phi) is 3.37. The molecule has 0 saturated heterocycles. The van der Waals surface area contributed by atoms with Gasteiger partial charge in [-0.05, 0) is 23.6 Å². The predicted octanol–water partition coefficient (Wildman–Crippen LogP) is 2.15. The first kappa shape index (κ1) is 11.2. The Labute approximate surface area is 99.4 Å². The molecule has 0 fully saturated rings. The van der Waals surface area contributed by atoms with Crippen molar-refractivity contribution in [3.8, 4) is 11.8 Å². The lowest BCUT2D eigenvalue weighted by Gasteiger charge is -1.96. The first-order chi connectivity index (χ1) is 8.29. The average molecular weight is 225 g/mol. The van der Waals surface area contributed by atoms with E-state index in [0.29, 0.717) is 0 Å². The highest BCUT2D eigenvalue weighted by Crippen LogP contribution is 2.13. The van der Waals surface area contributed by atoms with Gasteiger partial charge in [0.1, 0.15) is 6.42 Å². The summed E-state index contributed by atoms with van der Waals surface area (Å²) in [5.41, 5.74) is 0.882. The number of fused-ring (bicyclic) bond motifs is 1. The lowest BCUT2D eigenvalue weighted by atomic mass is 10.1. The maximum Gasteiger partial charge on any atom is 0.317 e. The monoisotopic (exact) mass is 225 g/mol. The third-order valence-corrected chi connectivity index (χ3v) is 2.33. The van der Waals surface area contributed by atoms with Crippen molar-refractivity contribution in [3.05, 3.63) is 42.2 Å². The summed E-state index contributed by atoms with van der Waals surface area (Å²) < 4.78 is 4.51. The van der Waals surface area contributed by atoms with E-state index in [2.05, 4.69) is 21.6 Å². The molecule has 0 aliphatic carbocycles. The maximum absolute atomic E-state index is 10.9. The molecule has 17 heavy (non-hydrogen) atoms. The van der Waals surface area contributed by atoms with Crippen molar-refractivity contribution in [1.29, 1.82) is 0 Å². The summed E-state index contributed by atoms with van der Waals surface area (Å²) in [6.45, 7) is 0. The van der Waals surface area contributed by atoms with E-state index in [-0.39, 0.29) is 12.4 Å². The number of methoxy groups -OCH3 is 1. The van der Waals surface area contributed by atoms with Crippen molar-refractivity contribution < 1.29 is 9.53 Å². The molecular formula is C14H11NO2. The quantitative estimate of drug-likeness (QED) is 0.551. The predicted molar refractivity (Wildman–Crippen MR) is 65.3 cm³/mol. The summed E-state index contributed by atoms with van der Waals surface area (Å²) in [6, 6.07) is 7.78.